The monoisotopic (exact) mass is 389 g/mol. The Bertz CT molecular complexity index is 973. The Labute approximate surface area is 159 Å². The number of hydrogen-bond donors (Lipinski definition) is 3. The first-order valence-electron chi connectivity index (χ1n) is 7.80. The van der Waals surface area contributed by atoms with Gasteiger partial charge in [0.2, 0.25) is 5.88 Å². The molecule has 2 aromatic carbocycles. The standard InChI is InChI=1S/C18H16ClN3O5/c1-26-18(25)20-14-4-3-13(23)8-11(14)10-27-17-6-7-22(21-17)15-5-2-12(19)9-16(15)24/h2-9,23-24H,10H2,1H3,(H,20,25). The smallest absolute Gasteiger partial charge is 0.411 e. The lowest BCUT2D eigenvalue weighted by Gasteiger charge is -2.11. The number of benzene rings is 2. The molecule has 0 fully saturated rings. The summed E-state index contributed by atoms with van der Waals surface area (Å²) in [4.78, 5) is 11.4. The van der Waals surface area contributed by atoms with Crippen molar-refractivity contribution in [1.82, 2.24) is 9.78 Å². The molecule has 140 valence electrons. The molecule has 0 aliphatic rings. The first-order chi connectivity index (χ1) is 13.0. The van der Waals surface area contributed by atoms with Crippen molar-refractivity contribution in [2.45, 2.75) is 6.61 Å². The summed E-state index contributed by atoms with van der Waals surface area (Å²) in [5.41, 5.74) is 1.42. The zero-order valence-electron chi connectivity index (χ0n) is 14.2. The molecule has 0 spiro atoms. The Morgan fingerprint density at radius 2 is 2.04 bits per heavy atom. The van der Waals surface area contributed by atoms with E-state index in [0.717, 1.165) is 0 Å². The van der Waals surface area contributed by atoms with Gasteiger partial charge in [-0.3, -0.25) is 5.32 Å². The lowest BCUT2D eigenvalue weighted by Crippen LogP contribution is -2.13. The summed E-state index contributed by atoms with van der Waals surface area (Å²) in [7, 11) is 1.25. The maximum absolute atomic E-state index is 11.4. The molecule has 3 N–H and O–H groups in total. The number of halogens is 1. The van der Waals surface area contributed by atoms with E-state index in [9.17, 15) is 15.0 Å². The van der Waals surface area contributed by atoms with Gasteiger partial charge in [-0.2, -0.15) is 0 Å². The van der Waals surface area contributed by atoms with Gasteiger partial charge < -0.3 is 19.7 Å². The molecule has 8 nitrogen and oxygen atoms in total. The van der Waals surface area contributed by atoms with Gasteiger partial charge in [-0.05, 0) is 30.3 Å². The van der Waals surface area contributed by atoms with E-state index in [1.54, 1.807) is 24.4 Å². The van der Waals surface area contributed by atoms with Crippen LogP contribution in [0.4, 0.5) is 10.5 Å². The number of carbonyl (C=O) groups is 1. The number of phenols is 2. The van der Waals surface area contributed by atoms with Crippen LogP contribution in [0.3, 0.4) is 0 Å². The number of nitrogens with one attached hydrogen (secondary N) is 1. The lowest BCUT2D eigenvalue weighted by molar-refractivity contribution is 0.187. The Hall–Kier alpha value is -3.39. The second kappa shape index (κ2) is 7.88. The Morgan fingerprint density at radius 3 is 2.78 bits per heavy atom. The normalized spacial score (nSPS) is 10.4. The largest absolute Gasteiger partial charge is 0.508 e. The summed E-state index contributed by atoms with van der Waals surface area (Å²) in [6, 6.07) is 10.7. The minimum atomic E-state index is -0.635. The molecule has 0 unspecified atom stereocenters. The fraction of sp³-hybridized carbons (Fsp3) is 0.111. The van der Waals surface area contributed by atoms with Crippen LogP contribution in [0.2, 0.25) is 5.02 Å². The molecule has 3 rings (SSSR count). The first-order valence-corrected chi connectivity index (χ1v) is 8.18. The maximum Gasteiger partial charge on any atom is 0.411 e. The van der Waals surface area contributed by atoms with Crippen molar-refractivity contribution < 1.29 is 24.5 Å². The molecule has 0 radical (unpaired) electrons. The highest BCUT2D eigenvalue weighted by atomic mass is 35.5. The van der Waals surface area contributed by atoms with Crippen molar-refractivity contribution in [3.8, 4) is 23.1 Å². The van der Waals surface area contributed by atoms with E-state index >= 15 is 0 Å². The van der Waals surface area contributed by atoms with E-state index in [2.05, 4.69) is 15.2 Å². The third-order valence-corrected chi connectivity index (χ3v) is 3.87. The number of phenolic OH excluding ortho intramolecular Hbond substituents is 2. The molecular weight excluding hydrogens is 374 g/mol. The van der Waals surface area contributed by atoms with E-state index in [0.29, 0.717) is 22.0 Å². The highest BCUT2D eigenvalue weighted by Crippen LogP contribution is 2.27. The molecule has 1 heterocycles. The van der Waals surface area contributed by atoms with Crippen LogP contribution in [-0.2, 0) is 11.3 Å². The Morgan fingerprint density at radius 1 is 1.22 bits per heavy atom. The molecule has 0 bridgehead atoms. The van der Waals surface area contributed by atoms with Crippen LogP contribution in [0, 0.1) is 0 Å². The molecule has 0 aliphatic heterocycles. The van der Waals surface area contributed by atoms with Gasteiger partial charge in [-0.15, -0.1) is 5.10 Å². The zero-order valence-corrected chi connectivity index (χ0v) is 15.0. The number of methoxy groups -OCH3 is 1. The molecule has 9 heteroatoms. The number of hydrogen-bond acceptors (Lipinski definition) is 6. The third-order valence-electron chi connectivity index (χ3n) is 3.64. The fourth-order valence-electron chi connectivity index (χ4n) is 2.34. The second-order valence-corrected chi connectivity index (χ2v) is 5.91. The van der Waals surface area contributed by atoms with Gasteiger partial charge in [-0.25, -0.2) is 9.48 Å². The average Bonchev–Trinajstić information content (AvgIpc) is 3.10. The molecule has 0 saturated carbocycles. The predicted octanol–water partition coefficient (Wildman–Crippen LogP) is 3.69. The van der Waals surface area contributed by atoms with Crippen LogP contribution in [0.15, 0.2) is 48.7 Å². The van der Waals surface area contributed by atoms with E-state index in [1.165, 1.54) is 36.1 Å². The summed E-state index contributed by atoms with van der Waals surface area (Å²) in [5, 5.41) is 26.8. The summed E-state index contributed by atoms with van der Waals surface area (Å²) in [6.45, 7) is 0.0390. The van der Waals surface area contributed by atoms with Crippen LogP contribution in [0.1, 0.15) is 5.56 Å². The van der Waals surface area contributed by atoms with Gasteiger partial charge >= 0.3 is 6.09 Å². The quantitative estimate of drug-likeness (QED) is 0.574. The van der Waals surface area contributed by atoms with Crippen LogP contribution < -0.4 is 10.1 Å². The first kappa shape index (κ1) is 18.4. The van der Waals surface area contributed by atoms with Crippen molar-refractivity contribution in [1.29, 1.82) is 0 Å². The number of carbonyl (C=O) groups excluding carboxylic acids is 1. The summed E-state index contributed by atoms with van der Waals surface area (Å²) >= 11 is 5.83. The molecule has 1 amide bonds. The summed E-state index contributed by atoms with van der Waals surface area (Å²) in [5.74, 6) is 0.298. The maximum atomic E-state index is 11.4. The van der Waals surface area contributed by atoms with Crippen molar-refractivity contribution in [3.05, 3.63) is 59.2 Å². The Kier molecular flexibility index (Phi) is 5.37. The molecule has 0 saturated heterocycles. The molecule has 3 aromatic rings. The molecule has 27 heavy (non-hydrogen) atoms. The molecule has 0 aliphatic carbocycles. The number of anilines is 1. The lowest BCUT2D eigenvalue weighted by atomic mass is 10.2. The van der Waals surface area contributed by atoms with Crippen molar-refractivity contribution in [2.24, 2.45) is 0 Å². The molecule has 1 aromatic heterocycles. The van der Waals surface area contributed by atoms with E-state index < -0.39 is 6.09 Å². The minimum Gasteiger partial charge on any atom is -0.508 e. The topological polar surface area (TPSA) is 106 Å². The average molecular weight is 390 g/mol. The van der Waals surface area contributed by atoms with Crippen LogP contribution >= 0.6 is 11.6 Å². The van der Waals surface area contributed by atoms with Crippen molar-refractivity contribution in [3.63, 3.8) is 0 Å². The summed E-state index contributed by atoms with van der Waals surface area (Å²) in [6.07, 6.45) is 0.985. The van der Waals surface area contributed by atoms with Gasteiger partial charge in [0.1, 0.15) is 23.8 Å². The number of rotatable bonds is 5. The van der Waals surface area contributed by atoms with Crippen LogP contribution in [0.25, 0.3) is 5.69 Å². The SMILES string of the molecule is COC(=O)Nc1ccc(O)cc1COc1ccn(-c2ccc(Cl)cc2O)n1. The van der Waals surface area contributed by atoms with Crippen LogP contribution in [-0.4, -0.2) is 33.2 Å². The second-order valence-electron chi connectivity index (χ2n) is 5.48. The number of amides is 1. The van der Waals surface area contributed by atoms with Gasteiger partial charge in [0.05, 0.1) is 12.8 Å². The molecular formula is C18H16ClN3O5. The fourth-order valence-corrected chi connectivity index (χ4v) is 2.51. The molecule has 0 atom stereocenters. The minimum absolute atomic E-state index is 0.0188. The van der Waals surface area contributed by atoms with Gasteiger partial charge in [-0.1, -0.05) is 11.6 Å². The third kappa shape index (κ3) is 4.42. The van der Waals surface area contributed by atoms with Crippen molar-refractivity contribution in [2.75, 3.05) is 12.4 Å². The van der Waals surface area contributed by atoms with E-state index in [1.807, 2.05) is 0 Å². The number of aromatic hydroxyl groups is 2. The number of nitrogens with zero attached hydrogens (tertiary/aromatic N) is 2. The van der Waals surface area contributed by atoms with Gasteiger partial charge in [0.15, 0.2) is 0 Å². The highest BCUT2D eigenvalue weighted by Gasteiger charge is 2.11. The van der Waals surface area contributed by atoms with E-state index in [-0.39, 0.29) is 24.0 Å². The number of ether oxygens (including phenoxy) is 2. The van der Waals surface area contributed by atoms with Gasteiger partial charge in [0, 0.05) is 28.9 Å². The number of aromatic nitrogens is 2. The Balaban J connectivity index is 1.75. The van der Waals surface area contributed by atoms with Crippen molar-refractivity contribution >= 4 is 23.4 Å². The van der Waals surface area contributed by atoms with E-state index in [4.69, 9.17) is 16.3 Å². The summed E-state index contributed by atoms with van der Waals surface area (Å²) < 4.78 is 11.6. The van der Waals surface area contributed by atoms with Gasteiger partial charge in [0.25, 0.3) is 0 Å². The zero-order chi connectivity index (χ0) is 19.4. The van der Waals surface area contributed by atoms with Crippen LogP contribution in [0.5, 0.6) is 17.4 Å². The highest BCUT2D eigenvalue weighted by molar-refractivity contribution is 6.30. The predicted molar refractivity (Wildman–Crippen MR) is 98.7 cm³/mol.